The predicted molar refractivity (Wildman–Crippen MR) is 81.5 cm³/mol. The predicted octanol–water partition coefficient (Wildman–Crippen LogP) is 1.87. The average Bonchev–Trinajstić information content (AvgIpc) is 2.93. The number of aromatic nitrogens is 1. The maximum atomic E-state index is 12.4. The smallest absolute Gasteiger partial charge is 0.144 e. The van der Waals surface area contributed by atoms with Gasteiger partial charge in [0.2, 0.25) is 0 Å². The lowest BCUT2D eigenvalue weighted by atomic mass is 10.0. The minimum Gasteiger partial charge on any atom is -0.376 e. The third-order valence-corrected chi connectivity index (χ3v) is 7.15. The van der Waals surface area contributed by atoms with E-state index < -0.39 is 10.8 Å². The average molecular weight is 312 g/mol. The topological polar surface area (TPSA) is 55.6 Å². The van der Waals surface area contributed by atoms with Crippen molar-refractivity contribution in [1.82, 2.24) is 10.1 Å². The number of fused-ring (bicyclic) bond motifs is 1. The molecule has 3 heterocycles. The summed E-state index contributed by atoms with van der Waals surface area (Å²) in [6, 6.07) is 0. The first-order chi connectivity index (χ1) is 10.2. The van der Waals surface area contributed by atoms with E-state index in [0.29, 0.717) is 6.61 Å². The minimum absolute atomic E-state index is 0.0570. The maximum Gasteiger partial charge on any atom is 0.144 e. The summed E-state index contributed by atoms with van der Waals surface area (Å²) in [4.78, 5) is 2.38. The third kappa shape index (κ3) is 2.81. The highest BCUT2D eigenvalue weighted by molar-refractivity contribution is 7.86. The number of rotatable bonds is 4. The van der Waals surface area contributed by atoms with Gasteiger partial charge in [-0.3, -0.25) is 9.11 Å². The summed E-state index contributed by atoms with van der Waals surface area (Å²) in [6.45, 7) is 8.17. The standard InChI is InChI=1S/C15H24N2O3S/c1-3-15(4-2)11-17(6-8-21(15)18)9-13-12-10-19-7-5-14(12)20-16-13/h3-11H2,1-2H3. The van der Waals surface area contributed by atoms with Gasteiger partial charge in [-0.05, 0) is 12.8 Å². The first-order valence-electron chi connectivity index (χ1n) is 7.83. The van der Waals surface area contributed by atoms with Crippen molar-refractivity contribution in [3.8, 4) is 0 Å². The Morgan fingerprint density at radius 2 is 2.19 bits per heavy atom. The molecule has 2 aliphatic heterocycles. The van der Waals surface area contributed by atoms with Crippen LogP contribution in [0.2, 0.25) is 0 Å². The van der Waals surface area contributed by atoms with E-state index in [1.54, 1.807) is 0 Å². The van der Waals surface area contributed by atoms with Gasteiger partial charge in [0.15, 0.2) is 0 Å². The van der Waals surface area contributed by atoms with Crippen LogP contribution in [0.1, 0.15) is 43.7 Å². The summed E-state index contributed by atoms with van der Waals surface area (Å²) in [5, 5.41) is 4.24. The molecule has 5 nitrogen and oxygen atoms in total. The monoisotopic (exact) mass is 312 g/mol. The molecule has 2 aliphatic rings. The molecular formula is C15H24N2O3S. The molecule has 0 aliphatic carbocycles. The Labute approximate surface area is 128 Å². The molecule has 0 N–H and O–H groups in total. The highest BCUT2D eigenvalue weighted by atomic mass is 32.2. The Kier molecular flexibility index (Phi) is 4.47. The molecule has 1 unspecified atom stereocenters. The first-order valence-corrected chi connectivity index (χ1v) is 9.15. The number of nitrogens with zero attached hydrogens (tertiary/aromatic N) is 2. The summed E-state index contributed by atoms with van der Waals surface area (Å²) in [5.41, 5.74) is 2.13. The molecule has 6 heteroatoms. The lowest BCUT2D eigenvalue weighted by Crippen LogP contribution is -2.52. The molecular weight excluding hydrogens is 288 g/mol. The summed E-state index contributed by atoms with van der Waals surface area (Å²) in [7, 11) is -0.718. The molecule has 0 bridgehead atoms. The second-order valence-electron chi connectivity index (χ2n) is 5.98. The lowest BCUT2D eigenvalue weighted by Gasteiger charge is -2.41. The molecule has 0 aromatic carbocycles. The molecule has 21 heavy (non-hydrogen) atoms. The number of hydrogen-bond donors (Lipinski definition) is 0. The summed E-state index contributed by atoms with van der Waals surface area (Å²) < 4.78 is 23.3. The van der Waals surface area contributed by atoms with Gasteiger partial charge in [0.05, 0.1) is 18.0 Å². The molecule has 3 rings (SSSR count). The van der Waals surface area contributed by atoms with Crippen LogP contribution in [0, 0.1) is 0 Å². The zero-order valence-corrected chi connectivity index (χ0v) is 13.7. The van der Waals surface area contributed by atoms with Crippen LogP contribution in [0.15, 0.2) is 4.52 Å². The van der Waals surface area contributed by atoms with Crippen molar-refractivity contribution < 1.29 is 13.5 Å². The SMILES string of the molecule is CCC1(CC)CN(Cc2noc3c2COCC3)CCS1=O. The van der Waals surface area contributed by atoms with Gasteiger partial charge in [0, 0.05) is 48.2 Å². The van der Waals surface area contributed by atoms with E-state index in [-0.39, 0.29) is 4.75 Å². The van der Waals surface area contributed by atoms with E-state index in [1.165, 1.54) is 0 Å². The molecule has 0 amide bonds. The third-order valence-electron chi connectivity index (χ3n) is 4.92. The van der Waals surface area contributed by atoms with Crippen molar-refractivity contribution in [2.45, 2.75) is 51.0 Å². The van der Waals surface area contributed by atoms with E-state index in [1.807, 2.05) is 0 Å². The maximum absolute atomic E-state index is 12.4. The molecule has 118 valence electrons. The second-order valence-corrected chi connectivity index (χ2v) is 7.95. The Bertz CT molecular complexity index is 525. The Morgan fingerprint density at radius 3 is 2.95 bits per heavy atom. The molecule has 0 radical (unpaired) electrons. The van der Waals surface area contributed by atoms with Crippen LogP contribution >= 0.6 is 0 Å². The fourth-order valence-corrected chi connectivity index (χ4v) is 5.16. The zero-order chi connectivity index (χ0) is 14.9. The molecule has 1 fully saturated rings. The summed E-state index contributed by atoms with van der Waals surface area (Å²) in [6.07, 6.45) is 2.75. The lowest BCUT2D eigenvalue weighted by molar-refractivity contribution is 0.102. The van der Waals surface area contributed by atoms with Gasteiger partial charge >= 0.3 is 0 Å². The molecule has 1 aromatic rings. The van der Waals surface area contributed by atoms with Gasteiger partial charge < -0.3 is 9.26 Å². The van der Waals surface area contributed by atoms with Crippen LogP contribution in [0.3, 0.4) is 0 Å². The van der Waals surface area contributed by atoms with Crippen molar-refractivity contribution in [2.75, 3.05) is 25.4 Å². The molecule has 1 saturated heterocycles. The highest BCUT2D eigenvalue weighted by Gasteiger charge is 2.39. The van der Waals surface area contributed by atoms with Gasteiger partial charge in [-0.1, -0.05) is 19.0 Å². The van der Waals surface area contributed by atoms with E-state index >= 15 is 0 Å². The summed E-state index contributed by atoms with van der Waals surface area (Å²) >= 11 is 0. The second kappa shape index (κ2) is 6.18. The van der Waals surface area contributed by atoms with Crippen molar-refractivity contribution in [1.29, 1.82) is 0 Å². The van der Waals surface area contributed by atoms with E-state index in [0.717, 1.165) is 68.3 Å². The normalized spacial score (nSPS) is 25.7. The van der Waals surface area contributed by atoms with Gasteiger partial charge in [0.1, 0.15) is 11.5 Å². The molecule has 1 aromatic heterocycles. The highest BCUT2D eigenvalue weighted by Crippen LogP contribution is 2.30. The van der Waals surface area contributed by atoms with Gasteiger partial charge in [-0.2, -0.15) is 0 Å². The summed E-state index contributed by atoms with van der Waals surface area (Å²) in [5.74, 6) is 1.74. The molecule has 1 atom stereocenters. The number of hydrogen-bond acceptors (Lipinski definition) is 5. The molecule has 0 saturated carbocycles. The van der Waals surface area contributed by atoms with Gasteiger partial charge in [0.25, 0.3) is 0 Å². The largest absolute Gasteiger partial charge is 0.376 e. The zero-order valence-electron chi connectivity index (χ0n) is 12.9. The van der Waals surface area contributed by atoms with Crippen LogP contribution in [0.5, 0.6) is 0 Å². The first kappa shape index (κ1) is 15.2. The Balaban J connectivity index is 1.73. The number of ether oxygens (including phenoxy) is 1. The van der Waals surface area contributed by atoms with Crippen LogP contribution in [-0.4, -0.2) is 44.5 Å². The van der Waals surface area contributed by atoms with Crippen molar-refractivity contribution in [3.05, 3.63) is 17.0 Å². The van der Waals surface area contributed by atoms with Crippen molar-refractivity contribution in [3.63, 3.8) is 0 Å². The van der Waals surface area contributed by atoms with Crippen LogP contribution < -0.4 is 0 Å². The Morgan fingerprint density at radius 1 is 1.38 bits per heavy atom. The van der Waals surface area contributed by atoms with Crippen molar-refractivity contribution in [2.24, 2.45) is 0 Å². The van der Waals surface area contributed by atoms with E-state index in [4.69, 9.17) is 9.26 Å². The quantitative estimate of drug-likeness (QED) is 0.849. The van der Waals surface area contributed by atoms with E-state index in [9.17, 15) is 4.21 Å². The van der Waals surface area contributed by atoms with Gasteiger partial charge in [-0.15, -0.1) is 0 Å². The fourth-order valence-electron chi connectivity index (χ4n) is 3.33. The van der Waals surface area contributed by atoms with Crippen LogP contribution in [0.4, 0.5) is 0 Å². The van der Waals surface area contributed by atoms with Crippen LogP contribution in [-0.2, 0) is 35.1 Å². The van der Waals surface area contributed by atoms with Crippen LogP contribution in [0.25, 0.3) is 0 Å². The van der Waals surface area contributed by atoms with E-state index in [2.05, 4.69) is 23.9 Å². The van der Waals surface area contributed by atoms with Crippen molar-refractivity contribution >= 4 is 10.8 Å². The fraction of sp³-hybridized carbons (Fsp3) is 0.800. The van der Waals surface area contributed by atoms with Gasteiger partial charge in [-0.25, -0.2) is 0 Å². The molecule has 0 spiro atoms. The Hall–Kier alpha value is -0.720. The minimum atomic E-state index is -0.718.